The first-order valence-electron chi connectivity index (χ1n) is 8.49. The van der Waals surface area contributed by atoms with Crippen LogP contribution in [0.2, 0.25) is 0 Å². The minimum atomic E-state index is -0.0617. The van der Waals surface area contributed by atoms with E-state index in [0.717, 1.165) is 33.3 Å². The second-order valence-corrected chi connectivity index (χ2v) is 7.32. The van der Waals surface area contributed by atoms with Gasteiger partial charge in [0, 0.05) is 11.1 Å². The summed E-state index contributed by atoms with van der Waals surface area (Å²) in [5.41, 5.74) is 5.01. The van der Waals surface area contributed by atoms with Gasteiger partial charge in [-0.1, -0.05) is 29.8 Å². The number of thiazole rings is 1. The Morgan fingerprint density at radius 3 is 2.69 bits per heavy atom. The zero-order valence-electron chi connectivity index (χ0n) is 15.2. The number of nitrogens with one attached hydrogen (secondary N) is 1. The first kappa shape index (κ1) is 18.1. The molecule has 0 aliphatic carbocycles. The molecular weight excluding hydrogens is 344 g/mol. The molecule has 0 fully saturated rings. The number of aromatic nitrogens is 1. The van der Waals surface area contributed by atoms with E-state index in [1.54, 1.807) is 0 Å². The number of nitrogens with zero attached hydrogens (tertiary/aromatic N) is 1. The molecule has 0 aliphatic heterocycles. The Bertz CT molecular complexity index is 918. The van der Waals surface area contributed by atoms with Gasteiger partial charge in [0.2, 0.25) is 5.91 Å². The second kappa shape index (κ2) is 8.15. The van der Waals surface area contributed by atoms with Crippen molar-refractivity contribution in [2.45, 2.75) is 33.8 Å². The molecule has 3 aromatic rings. The fourth-order valence-electron chi connectivity index (χ4n) is 2.66. The topological polar surface area (TPSA) is 51.2 Å². The van der Waals surface area contributed by atoms with E-state index in [9.17, 15) is 4.79 Å². The number of carbonyl (C=O) groups is 1. The van der Waals surface area contributed by atoms with E-state index in [0.29, 0.717) is 6.61 Å². The zero-order valence-corrected chi connectivity index (χ0v) is 16.0. The van der Waals surface area contributed by atoms with Gasteiger partial charge in [0.1, 0.15) is 17.4 Å². The van der Waals surface area contributed by atoms with Crippen LogP contribution in [0.5, 0.6) is 5.75 Å². The van der Waals surface area contributed by atoms with E-state index in [2.05, 4.69) is 16.4 Å². The molecule has 0 aliphatic rings. The number of benzene rings is 2. The van der Waals surface area contributed by atoms with Crippen LogP contribution in [-0.2, 0) is 17.8 Å². The molecule has 1 heterocycles. The Morgan fingerprint density at radius 2 is 1.92 bits per heavy atom. The molecule has 0 saturated heterocycles. The number of hydrogen-bond acceptors (Lipinski definition) is 4. The van der Waals surface area contributed by atoms with Crippen LogP contribution in [0.3, 0.4) is 0 Å². The van der Waals surface area contributed by atoms with Crippen LogP contribution in [0, 0.1) is 20.8 Å². The lowest BCUT2D eigenvalue weighted by Gasteiger charge is -2.08. The Kier molecular flexibility index (Phi) is 5.68. The summed E-state index contributed by atoms with van der Waals surface area (Å²) >= 11 is 1.51. The van der Waals surface area contributed by atoms with Crippen LogP contribution < -0.4 is 10.1 Å². The number of anilines is 1. The predicted octanol–water partition coefficient (Wildman–Crippen LogP) is 4.83. The molecule has 26 heavy (non-hydrogen) atoms. The summed E-state index contributed by atoms with van der Waals surface area (Å²) in [6.07, 6.45) is 0.258. The van der Waals surface area contributed by atoms with E-state index in [-0.39, 0.29) is 12.3 Å². The standard InChI is InChI=1S/C21H22N2O2S/c1-14-5-4-6-18(10-14)25-12-21-22-17(13-26-21)11-20(24)23-19-8-7-15(2)9-16(19)3/h4-10,13H,11-12H2,1-3H3,(H,23,24). The maximum atomic E-state index is 12.3. The van der Waals surface area contributed by atoms with Crippen LogP contribution in [0.1, 0.15) is 27.4 Å². The maximum absolute atomic E-state index is 12.3. The Balaban J connectivity index is 1.55. The van der Waals surface area contributed by atoms with Gasteiger partial charge in [-0.2, -0.15) is 0 Å². The Labute approximate surface area is 157 Å². The van der Waals surface area contributed by atoms with Crippen molar-refractivity contribution in [3.8, 4) is 5.75 Å². The molecule has 0 radical (unpaired) electrons. The fourth-order valence-corrected chi connectivity index (χ4v) is 3.36. The van der Waals surface area contributed by atoms with E-state index < -0.39 is 0 Å². The summed E-state index contributed by atoms with van der Waals surface area (Å²) in [5, 5.41) is 5.73. The second-order valence-electron chi connectivity index (χ2n) is 6.38. The average molecular weight is 366 g/mol. The predicted molar refractivity (Wildman–Crippen MR) is 106 cm³/mol. The van der Waals surface area contributed by atoms with Crippen LogP contribution in [0.15, 0.2) is 47.8 Å². The molecule has 0 bridgehead atoms. The van der Waals surface area contributed by atoms with Crippen LogP contribution in [0.25, 0.3) is 0 Å². The van der Waals surface area contributed by atoms with Gasteiger partial charge in [0.25, 0.3) is 0 Å². The maximum Gasteiger partial charge on any atom is 0.230 e. The third kappa shape index (κ3) is 4.92. The lowest BCUT2D eigenvalue weighted by atomic mass is 10.1. The van der Waals surface area contributed by atoms with Crippen molar-refractivity contribution in [2.24, 2.45) is 0 Å². The van der Waals surface area contributed by atoms with Crippen molar-refractivity contribution in [1.82, 2.24) is 4.98 Å². The lowest BCUT2D eigenvalue weighted by Crippen LogP contribution is -2.15. The zero-order chi connectivity index (χ0) is 18.5. The molecule has 0 spiro atoms. The molecule has 5 heteroatoms. The molecule has 1 aromatic heterocycles. The highest BCUT2D eigenvalue weighted by molar-refractivity contribution is 7.09. The number of ether oxygens (including phenoxy) is 1. The molecule has 1 N–H and O–H groups in total. The van der Waals surface area contributed by atoms with Crippen molar-refractivity contribution in [3.63, 3.8) is 0 Å². The number of amides is 1. The Hall–Kier alpha value is -2.66. The molecule has 0 atom stereocenters. The molecule has 4 nitrogen and oxygen atoms in total. The van der Waals surface area contributed by atoms with Crippen molar-refractivity contribution in [2.75, 3.05) is 5.32 Å². The fraction of sp³-hybridized carbons (Fsp3) is 0.238. The summed E-state index contributed by atoms with van der Waals surface area (Å²) in [4.78, 5) is 16.8. The van der Waals surface area contributed by atoms with Crippen LogP contribution in [-0.4, -0.2) is 10.9 Å². The van der Waals surface area contributed by atoms with Gasteiger partial charge in [-0.05, 0) is 50.1 Å². The van der Waals surface area contributed by atoms with Crippen LogP contribution >= 0.6 is 11.3 Å². The highest BCUT2D eigenvalue weighted by Crippen LogP contribution is 2.18. The van der Waals surface area contributed by atoms with Gasteiger partial charge >= 0.3 is 0 Å². The van der Waals surface area contributed by atoms with Gasteiger partial charge in [0.05, 0.1) is 12.1 Å². The molecule has 1 amide bonds. The first-order valence-corrected chi connectivity index (χ1v) is 9.37. The van der Waals surface area contributed by atoms with E-state index in [4.69, 9.17) is 4.74 Å². The van der Waals surface area contributed by atoms with Crippen LogP contribution in [0.4, 0.5) is 5.69 Å². The Morgan fingerprint density at radius 1 is 1.12 bits per heavy atom. The van der Waals surface area contributed by atoms with E-state index in [1.807, 2.05) is 62.5 Å². The van der Waals surface area contributed by atoms with E-state index in [1.165, 1.54) is 16.9 Å². The summed E-state index contributed by atoms with van der Waals surface area (Å²) in [5.74, 6) is 0.766. The third-order valence-electron chi connectivity index (χ3n) is 3.95. The van der Waals surface area contributed by atoms with Crippen molar-refractivity contribution in [3.05, 3.63) is 75.2 Å². The number of rotatable bonds is 6. The lowest BCUT2D eigenvalue weighted by molar-refractivity contribution is -0.115. The molecule has 134 valence electrons. The third-order valence-corrected chi connectivity index (χ3v) is 4.82. The SMILES string of the molecule is Cc1cccc(OCc2nc(CC(=O)Nc3ccc(C)cc3C)cs2)c1. The largest absolute Gasteiger partial charge is 0.486 e. The van der Waals surface area contributed by atoms with Crippen molar-refractivity contribution in [1.29, 1.82) is 0 Å². The summed E-state index contributed by atoms with van der Waals surface area (Å²) in [7, 11) is 0. The molecular formula is C21H22N2O2S. The molecule has 2 aromatic carbocycles. The van der Waals surface area contributed by atoms with Gasteiger partial charge in [-0.3, -0.25) is 4.79 Å². The average Bonchev–Trinajstić information content (AvgIpc) is 3.03. The van der Waals surface area contributed by atoms with E-state index >= 15 is 0 Å². The van der Waals surface area contributed by atoms with Crippen molar-refractivity contribution >= 4 is 22.9 Å². The number of aryl methyl sites for hydroxylation is 3. The summed E-state index contributed by atoms with van der Waals surface area (Å²) in [6.45, 7) is 6.47. The summed E-state index contributed by atoms with van der Waals surface area (Å²) < 4.78 is 5.76. The van der Waals surface area contributed by atoms with Gasteiger partial charge in [-0.15, -0.1) is 11.3 Å². The number of carbonyl (C=O) groups excluding carboxylic acids is 1. The van der Waals surface area contributed by atoms with Gasteiger partial charge < -0.3 is 10.1 Å². The minimum Gasteiger partial charge on any atom is -0.486 e. The van der Waals surface area contributed by atoms with Crippen molar-refractivity contribution < 1.29 is 9.53 Å². The van der Waals surface area contributed by atoms with Gasteiger partial charge in [-0.25, -0.2) is 4.98 Å². The smallest absolute Gasteiger partial charge is 0.230 e. The first-order chi connectivity index (χ1) is 12.5. The molecule has 0 unspecified atom stereocenters. The monoisotopic (exact) mass is 366 g/mol. The highest BCUT2D eigenvalue weighted by atomic mass is 32.1. The minimum absolute atomic E-state index is 0.0617. The number of hydrogen-bond donors (Lipinski definition) is 1. The quantitative estimate of drug-likeness (QED) is 0.680. The molecule has 0 saturated carbocycles. The highest BCUT2D eigenvalue weighted by Gasteiger charge is 2.10. The molecule has 3 rings (SSSR count). The normalized spacial score (nSPS) is 10.6. The van der Waals surface area contributed by atoms with Gasteiger partial charge in [0.15, 0.2) is 0 Å². The summed E-state index contributed by atoms with van der Waals surface area (Å²) in [6, 6.07) is 13.9.